The van der Waals surface area contributed by atoms with Gasteiger partial charge >= 0.3 is 0 Å². The number of ether oxygens (including phenoxy) is 1. The van der Waals surface area contributed by atoms with Crippen LogP contribution in [0.2, 0.25) is 0 Å². The maximum absolute atomic E-state index is 9.35. The Kier molecular flexibility index (Phi) is 2.20. The second-order valence-electron chi connectivity index (χ2n) is 3.22. The van der Waals surface area contributed by atoms with Gasteiger partial charge in [0.05, 0.1) is 6.61 Å². The Balaban J connectivity index is 2.14. The highest BCUT2D eigenvalue weighted by Gasteiger charge is 2.28. The fourth-order valence-corrected chi connectivity index (χ4v) is 1.54. The molecule has 0 fully saturated rings. The van der Waals surface area contributed by atoms with E-state index in [1.165, 1.54) is 0 Å². The van der Waals surface area contributed by atoms with Crippen LogP contribution in [0.25, 0.3) is 0 Å². The maximum atomic E-state index is 9.35. The number of aliphatic hydroxyl groups is 2. The van der Waals surface area contributed by atoms with Gasteiger partial charge in [-0.25, -0.2) is 0 Å². The van der Waals surface area contributed by atoms with Crippen molar-refractivity contribution in [1.82, 2.24) is 0 Å². The van der Waals surface area contributed by atoms with Crippen molar-refractivity contribution in [1.29, 1.82) is 0 Å². The Morgan fingerprint density at radius 2 is 2.23 bits per heavy atom. The molecule has 2 atom stereocenters. The minimum absolute atomic E-state index is 0.251. The Morgan fingerprint density at radius 3 is 2.92 bits per heavy atom. The molecular weight excluding hydrogens is 168 g/mol. The molecule has 1 aromatic carbocycles. The topological polar surface area (TPSA) is 49.7 Å². The summed E-state index contributed by atoms with van der Waals surface area (Å²) in [6.45, 7) is -0.251. The van der Waals surface area contributed by atoms with Crippen LogP contribution in [-0.2, 0) is 6.42 Å². The van der Waals surface area contributed by atoms with Gasteiger partial charge in [0.25, 0.3) is 0 Å². The van der Waals surface area contributed by atoms with E-state index in [1.54, 1.807) is 0 Å². The third-order valence-electron chi connectivity index (χ3n) is 2.29. The van der Waals surface area contributed by atoms with Crippen molar-refractivity contribution >= 4 is 0 Å². The average molecular weight is 180 g/mol. The standard InChI is InChI=1S/C10H12O3/c11-6-8(12)10-5-7-3-1-2-4-9(7)13-10/h1-4,8,10-12H,5-6H2. The van der Waals surface area contributed by atoms with Gasteiger partial charge in [-0.3, -0.25) is 0 Å². The van der Waals surface area contributed by atoms with Gasteiger partial charge in [-0.05, 0) is 11.6 Å². The largest absolute Gasteiger partial charge is 0.487 e. The molecule has 1 aromatic rings. The summed E-state index contributed by atoms with van der Waals surface area (Å²) in [5, 5.41) is 18.1. The number of aliphatic hydroxyl groups excluding tert-OH is 2. The molecule has 0 saturated heterocycles. The smallest absolute Gasteiger partial charge is 0.131 e. The van der Waals surface area contributed by atoms with Gasteiger partial charge in [0.15, 0.2) is 0 Å². The number of fused-ring (bicyclic) bond motifs is 1. The zero-order valence-corrected chi connectivity index (χ0v) is 7.18. The molecule has 1 aliphatic rings. The molecule has 2 N–H and O–H groups in total. The molecule has 1 heterocycles. The SMILES string of the molecule is OCC(O)C1Cc2ccccc2O1. The average Bonchev–Trinajstić information content (AvgIpc) is 2.59. The minimum Gasteiger partial charge on any atom is -0.487 e. The Bertz CT molecular complexity index is 273. The molecule has 2 rings (SSSR count). The van der Waals surface area contributed by atoms with Crippen LogP contribution >= 0.6 is 0 Å². The van der Waals surface area contributed by atoms with Gasteiger partial charge in [-0.1, -0.05) is 18.2 Å². The highest BCUT2D eigenvalue weighted by molar-refractivity contribution is 5.37. The van der Waals surface area contributed by atoms with Crippen LogP contribution in [0.3, 0.4) is 0 Å². The van der Waals surface area contributed by atoms with E-state index in [0.717, 1.165) is 11.3 Å². The summed E-state index contributed by atoms with van der Waals surface area (Å²) in [5.41, 5.74) is 1.10. The molecule has 0 radical (unpaired) electrons. The first kappa shape index (κ1) is 8.53. The number of hydrogen-bond donors (Lipinski definition) is 2. The van der Waals surface area contributed by atoms with Crippen molar-refractivity contribution < 1.29 is 14.9 Å². The van der Waals surface area contributed by atoms with E-state index < -0.39 is 6.10 Å². The zero-order valence-electron chi connectivity index (χ0n) is 7.18. The van der Waals surface area contributed by atoms with E-state index in [9.17, 15) is 5.11 Å². The predicted molar refractivity (Wildman–Crippen MR) is 47.7 cm³/mol. The van der Waals surface area contributed by atoms with Crippen LogP contribution in [0.1, 0.15) is 5.56 Å². The van der Waals surface area contributed by atoms with E-state index in [4.69, 9.17) is 9.84 Å². The first-order valence-electron chi connectivity index (χ1n) is 4.34. The molecule has 0 spiro atoms. The third kappa shape index (κ3) is 1.53. The highest BCUT2D eigenvalue weighted by Crippen LogP contribution is 2.29. The molecule has 3 heteroatoms. The van der Waals surface area contributed by atoms with Gasteiger partial charge < -0.3 is 14.9 Å². The lowest BCUT2D eigenvalue weighted by Gasteiger charge is -2.14. The Hall–Kier alpha value is -1.06. The first-order chi connectivity index (χ1) is 6.31. The summed E-state index contributed by atoms with van der Waals surface area (Å²) in [6, 6.07) is 7.68. The number of para-hydroxylation sites is 1. The summed E-state index contributed by atoms with van der Waals surface area (Å²) < 4.78 is 5.45. The first-order valence-corrected chi connectivity index (χ1v) is 4.34. The lowest BCUT2D eigenvalue weighted by molar-refractivity contribution is 0.00955. The maximum Gasteiger partial charge on any atom is 0.131 e. The summed E-state index contributed by atoms with van der Waals surface area (Å²) >= 11 is 0. The molecule has 1 aliphatic heterocycles. The molecule has 0 amide bonds. The predicted octanol–water partition coefficient (Wildman–Crippen LogP) is 0.343. The summed E-state index contributed by atoms with van der Waals surface area (Å²) in [6.07, 6.45) is -0.396. The van der Waals surface area contributed by atoms with Crippen LogP contribution in [0.5, 0.6) is 5.75 Å². The normalized spacial score (nSPS) is 22.2. The monoisotopic (exact) mass is 180 g/mol. The Morgan fingerprint density at radius 1 is 1.46 bits per heavy atom. The molecule has 0 aliphatic carbocycles. The number of hydrogen-bond acceptors (Lipinski definition) is 3. The van der Waals surface area contributed by atoms with Crippen LogP contribution in [0.15, 0.2) is 24.3 Å². The summed E-state index contributed by atoms with van der Waals surface area (Å²) in [4.78, 5) is 0. The van der Waals surface area contributed by atoms with Crippen molar-refractivity contribution in [3.05, 3.63) is 29.8 Å². The number of benzene rings is 1. The van der Waals surface area contributed by atoms with Crippen LogP contribution < -0.4 is 4.74 Å². The van der Waals surface area contributed by atoms with Gasteiger partial charge in [-0.2, -0.15) is 0 Å². The van der Waals surface area contributed by atoms with E-state index >= 15 is 0 Å². The van der Waals surface area contributed by atoms with E-state index in [0.29, 0.717) is 6.42 Å². The quantitative estimate of drug-likeness (QED) is 0.690. The molecule has 0 aromatic heterocycles. The number of rotatable bonds is 2. The van der Waals surface area contributed by atoms with Crippen LogP contribution in [0, 0.1) is 0 Å². The van der Waals surface area contributed by atoms with E-state index in [2.05, 4.69) is 0 Å². The van der Waals surface area contributed by atoms with Gasteiger partial charge in [0, 0.05) is 6.42 Å². The van der Waals surface area contributed by atoms with Gasteiger partial charge in [0.1, 0.15) is 18.0 Å². The van der Waals surface area contributed by atoms with Crippen LogP contribution in [0.4, 0.5) is 0 Å². The molecule has 3 nitrogen and oxygen atoms in total. The highest BCUT2D eigenvalue weighted by atomic mass is 16.5. The fourth-order valence-electron chi connectivity index (χ4n) is 1.54. The van der Waals surface area contributed by atoms with Crippen molar-refractivity contribution in [3.8, 4) is 5.75 Å². The van der Waals surface area contributed by atoms with Crippen molar-refractivity contribution in [3.63, 3.8) is 0 Å². The van der Waals surface area contributed by atoms with Gasteiger partial charge in [0.2, 0.25) is 0 Å². The summed E-state index contributed by atoms with van der Waals surface area (Å²) in [7, 11) is 0. The molecule has 70 valence electrons. The molecule has 2 unspecified atom stereocenters. The molecule has 0 bridgehead atoms. The van der Waals surface area contributed by atoms with Crippen molar-refractivity contribution in [2.75, 3.05) is 6.61 Å². The minimum atomic E-state index is -0.785. The van der Waals surface area contributed by atoms with Gasteiger partial charge in [-0.15, -0.1) is 0 Å². The van der Waals surface area contributed by atoms with Crippen molar-refractivity contribution in [2.24, 2.45) is 0 Å². The van der Waals surface area contributed by atoms with Crippen LogP contribution in [-0.4, -0.2) is 29.0 Å². The molecular formula is C10H12O3. The molecule has 0 saturated carbocycles. The van der Waals surface area contributed by atoms with Crippen molar-refractivity contribution in [2.45, 2.75) is 18.6 Å². The Labute approximate surface area is 76.6 Å². The van der Waals surface area contributed by atoms with E-state index in [-0.39, 0.29) is 12.7 Å². The second kappa shape index (κ2) is 3.36. The third-order valence-corrected chi connectivity index (χ3v) is 2.29. The molecule has 13 heavy (non-hydrogen) atoms. The summed E-state index contributed by atoms with van der Waals surface area (Å²) in [5.74, 6) is 0.819. The zero-order chi connectivity index (χ0) is 9.26. The lowest BCUT2D eigenvalue weighted by atomic mass is 10.1. The fraction of sp³-hybridized carbons (Fsp3) is 0.400. The van der Waals surface area contributed by atoms with E-state index in [1.807, 2.05) is 24.3 Å². The second-order valence-corrected chi connectivity index (χ2v) is 3.22. The lowest BCUT2D eigenvalue weighted by Crippen LogP contribution is -2.32.